The van der Waals surface area contributed by atoms with Crippen LogP contribution in [-0.4, -0.2) is 13.7 Å². The van der Waals surface area contributed by atoms with Gasteiger partial charge in [-0.3, -0.25) is 0 Å². The predicted octanol–water partition coefficient (Wildman–Crippen LogP) is 2.53. The normalized spacial score (nSPS) is 13.0. The molecule has 0 spiro atoms. The molecule has 1 N–H and O–H groups in total. The molecular weight excluding hydrogens is 267 g/mol. The summed E-state index contributed by atoms with van der Waals surface area (Å²) >= 11 is 0. The fraction of sp³-hybridized carbons (Fsp3) is 0.455. The van der Waals surface area contributed by atoms with Crippen LogP contribution < -0.4 is 4.72 Å². The molecule has 0 saturated heterocycles. The number of alkyl halides is 3. The van der Waals surface area contributed by atoms with Gasteiger partial charge in [0.05, 0.1) is 10.8 Å². The zero-order valence-corrected chi connectivity index (χ0v) is 10.8. The van der Waals surface area contributed by atoms with Gasteiger partial charge in [0.2, 0.25) is 10.0 Å². The van der Waals surface area contributed by atoms with Gasteiger partial charge >= 0.3 is 6.18 Å². The van der Waals surface area contributed by atoms with E-state index in [1.54, 1.807) is 0 Å². The highest BCUT2D eigenvalue weighted by molar-refractivity contribution is 7.90. The van der Waals surface area contributed by atoms with Crippen LogP contribution in [0.25, 0.3) is 0 Å². The minimum absolute atomic E-state index is 0.0887. The molecule has 0 heterocycles. The van der Waals surface area contributed by atoms with Crippen LogP contribution in [0.5, 0.6) is 0 Å². The Kier molecular flexibility index (Phi) is 4.39. The van der Waals surface area contributed by atoms with E-state index in [4.69, 9.17) is 0 Å². The molecule has 102 valence electrons. The molecule has 0 fully saturated rings. The van der Waals surface area contributed by atoms with Gasteiger partial charge in [-0.15, -0.1) is 0 Å². The summed E-state index contributed by atoms with van der Waals surface area (Å²) < 4.78 is 63.1. The predicted molar refractivity (Wildman–Crippen MR) is 62.3 cm³/mol. The first-order valence-electron chi connectivity index (χ1n) is 5.28. The average Bonchev–Trinajstić information content (AvgIpc) is 2.25. The largest absolute Gasteiger partial charge is 0.416 e. The molecule has 0 radical (unpaired) electrons. The minimum Gasteiger partial charge on any atom is -0.212 e. The van der Waals surface area contributed by atoms with Crippen LogP contribution in [0.4, 0.5) is 13.2 Å². The summed E-state index contributed by atoms with van der Waals surface area (Å²) in [5.74, 6) is 0. The van der Waals surface area contributed by atoms with E-state index in [2.05, 4.69) is 4.72 Å². The molecule has 7 heteroatoms. The Labute approximate surface area is 104 Å². The molecule has 0 aliphatic rings. The molecule has 0 atom stereocenters. The third kappa shape index (κ3) is 3.71. The summed E-state index contributed by atoms with van der Waals surface area (Å²) in [5.41, 5.74) is -0.911. The summed E-state index contributed by atoms with van der Waals surface area (Å²) in [5, 5.41) is -0.685. The second-order valence-corrected chi connectivity index (χ2v) is 6.39. The molecule has 1 aromatic carbocycles. The molecule has 3 nitrogen and oxygen atoms in total. The number of benzene rings is 1. The van der Waals surface area contributed by atoms with Gasteiger partial charge in [0.1, 0.15) is 0 Å². The number of rotatable bonds is 4. The van der Waals surface area contributed by atoms with Crippen molar-refractivity contribution >= 4 is 10.0 Å². The topological polar surface area (TPSA) is 46.2 Å². The smallest absolute Gasteiger partial charge is 0.212 e. The Morgan fingerprint density at radius 1 is 1.22 bits per heavy atom. The van der Waals surface area contributed by atoms with Crippen LogP contribution in [0.3, 0.4) is 0 Å². The molecule has 0 aliphatic heterocycles. The molecule has 18 heavy (non-hydrogen) atoms. The Morgan fingerprint density at radius 3 is 2.28 bits per heavy atom. The van der Waals surface area contributed by atoms with Gasteiger partial charge in [-0.1, -0.05) is 18.2 Å². The lowest BCUT2D eigenvalue weighted by molar-refractivity contribution is -0.138. The first-order valence-corrected chi connectivity index (χ1v) is 6.83. The molecule has 1 rings (SSSR count). The maximum atomic E-state index is 12.6. The van der Waals surface area contributed by atoms with Crippen LogP contribution in [0, 0.1) is 0 Å². The summed E-state index contributed by atoms with van der Waals surface area (Å²) in [6.07, 6.45) is -4.49. The lowest BCUT2D eigenvalue weighted by Gasteiger charge is -2.14. The monoisotopic (exact) mass is 281 g/mol. The highest BCUT2D eigenvalue weighted by atomic mass is 32.2. The van der Waals surface area contributed by atoms with Crippen LogP contribution in [-0.2, 0) is 22.7 Å². The fourth-order valence-electron chi connectivity index (χ4n) is 1.30. The lowest BCUT2D eigenvalue weighted by atomic mass is 10.1. The highest BCUT2D eigenvalue weighted by Crippen LogP contribution is 2.31. The van der Waals surface area contributed by atoms with Crippen LogP contribution in [0.1, 0.15) is 25.0 Å². The van der Waals surface area contributed by atoms with E-state index in [9.17, 15) is 21.6 Å². The lowest BCUT2D eigenvalue weighted by Crippen LogP contribution is -2.31. The van der Waals surface area contributed by atoms with Crippen molar-refractivity contribution in [3.8, 4) is 0 Å². The van der Waals surface area contributed by atoms with Crippen molar-refractivity contribution in [1.29, 1.82) is 0 Å². The second kappa shape index (κ2) is 5.27. The van der Waals surface area contributed by atoms with Crippen molar-refractivity contribution in [2.24, 2.45) is 0 Å². The summed E-state index contributed by atoms with van der Waals surface area (Å²) in [4.78, 5) is 0. The van der Waals surface area contributed by atoms with Crippen molar-refractivity contribution in [3.63, 3.8) is 0 Å². The third-order valence-corrected chi connectivity index (χ3v) is 4.20. The zero-order chi connectivity index (χ0) is 14.0. The van der Waals surface area contributed by atoms with Crippen LogP contribution >= 0.6 is 0 Å². The average molecular weight is 281 g/mol. The maximum Gasteiger partial charge on any atom is 0.416 e. The van der Waals surface area contributed by atoms with Crippen molar-refractivity contribution in [1.82, 2.24) is 4.72 Å². The molecule has 0 aliphatic carbocycles. The van der Waals surface area contributed by atoms with Gasteiger partial charge in [0.15, 0.2) is 0 Å². The van der Waals surface area contributed by atoms with E-state index in [1.807, 2.05) is 0 Å². The van der Waals surface area contributed by atoms with Gasteiger partial charge in [0, 0.05) is 6.54 Å². The molecule has 0 aromatic heterocycles. The standard InChI is InChI=1S/C11H14F3NO2S/c1-8(2)18(16,17)15-7-9-5-3-4-6-10(9)11(12,13)14/h3-6,8,15H,7H2,1-2H3. The third-order valence-electron chi connectivity index (χ3n) is 2.41. The Hall–Kier alpha value is -1.08. The summed E-state index contributed by atoms with van der Waals surface area (Å²) in [7, 11) is -3.58. The van der Waals surface area contributed by atoms with Crippen molar-refractivity contribution in [2.45, 2.75) is 31.8 Å². The van der Waals surface area contributed by atoms with E-state index in [-0.39, 0.29) is 12.1 Å². The maximum absolute atomic E-state index is 12.6. The first-order chi connectivity index (χ1) is 8.14. The van der Waals surface area contributed by atoms with E-state index in [1.165, 1.54) is 32.0 Å². The molecular formula is C11H14F3NO2S. The van der Waals surface area contributed by atoms with E-state index >= 15 is 0 Å². The molecule has 0 amide bonds. The van der Waals surface area contributed by atoms with Gasteiger partial charge < -0.3 is 0 Å². The Bertz CT molecular complexity index is 509. The number of sulfonamides is 1. The molecule has 0 unspecified atom stereocenters. The van der Waals surface area contributed by atoms with Gasteiger partial charge in [0.25, 0.3) is 0 Å². The molecule has 0 bridgehead atoms. The Morgan fingerprint density at radius 2 is 1.78 bits per heavy atom. The van der Waals surface area contributed by atoms with Gasteiger partial charge in [-0.2, -0.15) is 13.2 Å². The van der Waals surface area contributed by atoms with E-state index < -0.39 is 27.0 Å². The van der Waals surface area contributed by atoms with E-state index in [0.29, 0.717) is 0 Å². The first kappa shape index (κ1) is 15.0. The number of hydrogen-bond acceptors (Lipinski definition) is 2. The second-order valence-electron chi connectivity index (χ2n) is 4.07. The van der Waals surface area contributed by atoms with E-state index in [0.717, 1.165) is 6.07 Å². The molecule has 0 saturated carbocycles. The number of nitrogens with one attached hydrogen (secondary N) is 1. The van der Waals surface area contributed by atoms with Crippen LogP contribution in [0.15, 0.2) is 24.3 Å². The fourth-order valence-corrected chi connectivity index (χ4v) is 1.99. The van der Waals surface area contributed by atoms with Gasteiger partial charge in [-0.05, 0) is 25.5 Å². The summed E-state index contributed by atoms with van der Waals surface area (Å²) in [6, 6.07) is 4.89. The van der Waals surface area contributed by atoms with Crippen molar-refractivity contribution in [3.05, 3.63) is 35.4 Å². The number of hydrogen-bond donors (Lipinski definition) is 1. The quantitative estimate of drug-likeness (QED) is 0.922. The SMILES string of the molecule is CC(C)S(=O)(=O)NCc1ccccc1C(F)(F)F. The zero-order valence-electron chi connectivity index (χ0n) is 9.95. The molecule has 1 aromatic rings. The van der Waals surface area contributed by atoms with Crippen LogP contribution in [0.2, 0.25) is 0 Å². The van der Waals surface area contributed by atoms with Gasteiger partial charge in [-0.25, -0.2) is 13.1 Å². The van der Waals surface area contributed by atoms with Crippen molar-refractivity contribution in [2.75, 3.05) is 0 Å². The summed E-state index contributed by atoms with van der Waals surface area (Å²) in [6.45, 7) is 2.55. The number of halogens is 3. The Balaban J connectivity index is 2.94. The minimum atomic E-state index is -4.49. The van der Waals surface area contributed by atoms with Crippen molar-refractivity contribution < 1.29 is 21.6 Å². The highest BCUT2D eigenvalue weighted by Gasteiger charge is 2.33.